The summed E-state index contributed by atoms with van der Waals surface area (Å²) in [6.07, 6.45) is -1.95. The number of carbonyl (C=O) groups excluding carboxylic acids is 1. The van der Waals surface area contributed by atoms with E-state index in [0.29, 0.717) is 22.6 Å². The Hall–Kier alpha value is -4.35. The molecule has 0 unspecified atom stereocenters. The van der Waals surface area contributed by atoms with Crippen molar-refractivity contribution in [3.05, 3.63) is 65.6 Å². The molecular weight excluding hydrogens is 518 g/mol. The van der Waals surface area contributed by atoms with Crippen LogP contribution in [0.4, 0.5) is 23.2 Å². The number of hydrogen-bond acceptors (Lipinski definition) is 6. The third-order valence-electron chi connectivity index (χ3n) is 6.20. The highest BCUT2D eigenvalue weighted by Crippen LogP contribution is 2.32. The normalized spacial score (nSPS) is 13.4. The lowest BCUT2D eigenvalue weighted by molar-refractivity contribution is -0.131. The zero-order chi connectivity index (χ0) is 27.7. The Morgan fingerprint density at radius 2 is 1.95 bits per heavy atom. The van der Waals surface area contributed by atoms with E-state index >= 15 is 0 Å². The van der Waals surface area contributed by atoms with Crippen LogP contribution in [0.3, 0.4) is 0 Å². The predicted molar refractivity (Wildman–Crippen MR) is 136 cm³/mol. The lowest BCUT2D eigenvalue weighted by Crippen LogP contribution is -2.26. The minimum Gasteiger partial charge on any atom is -0.497 e. The van der Waals surface area contributed by atoms with Gasteiger partial charge in [0.2, 0.25) is 5.88 Å². The first-order valence-corrected chi connectivity index (χ1v) is 12.2. The molecule has 2 heterocycles. The standard InChI is InChI=1S/C27H25F4N5O3/c1-15-11-16(3-7-19(15)26(37)34-17-4-5-17)22-14-33-25-21(32-10-9-27(29,30)31)13-24(35-36(22)25)39-23-8-6-18(38-2)12-20(23)28/h3,6-8,11-14,17,32H,4-5,9-10H2,1-2H3,(H,34,37). The van der Waals surface area contributed by atoms with Gasteiger partial charge in [0.1, 0.15) is 5.75 Å². The predicted octanol–water partition coefficient (Wildman–Crippen LogP) is 5.90. The fourth-order valence-corrected chi connectivity index (χ4v) is 4.03. The molecule has 0 radical (unpaired) electrons. The van der Waals surface area contributed by atoms with Crippen LogP contribution in [0.1, 0.15) is 35.2 Å². The van der Waals surface area contributed by atoms with E-state index in [2.05, 4.69) is 20.7 Å². The number of halogens is 4. The van der Waals surface area contributed by atoms with Crippen LogP contribution < -0.4 is 20.1 Å². The Labute approximate surface area is 221 Å². The van der Waals surface area contributed by atoms with Crippen LogP contribution in [0.15, 0.2) is 48.7 Å². The molecule has 0 saturated heterocycles. The molecule has 1 aliphatic rings. The molecule has 8 nitrogen and oxygen atoms in total. The highest BCUT2D eigenvalue weighted by molar-refractivity contribution is 5.96. The van der Waals surface area contributed by atoms with Crippen LogP contribution >= 0.6 is 0 Å². The third kappa shape index (κ3) is 6.05. The first-order chi connectivity index (χ1) is 18.6. The molecule has 1 amide bonds. The number of alkyl halides is 3. The number of methoxy groups -OCH3 is 1. The lowest BCUT2D eigenvalue weighted by atomic mass is 10.0. The summed E-state index contributed by atoms with van der Waals surface area (Å²) >= 11 is 0. The van der Waals surface area contributed by atoms with Gasteiger partial charge in [-0.1, -0.05) is 6.07 Å². The second kappa shape index (κ2) is 10.4. The van der Waals surface area contributed by atoms with Crippen LogP contribution in [0.25, 0.3) is 16.9 Å². The van der Waals surface area contributed by atoms with E-state index in [9.17, 15) is 22.4 Å². The molecule has 2 aromatic carbocycles. The van der Waals surface area contributed by atoms with Crippen LogP contribution in [0, 0.1) is 12.7 Å². The molecule has 204 valence electrons. The van der Waals surface area contributed by atoms with Crippen LogP contribution in [-0.4, -0.2) is 46.4 Å². The Balaban J connectivity index is 1.51. The molecule has 4 aromatic rings. The molecule has 0 bridgehead atoms. The van der Waals surface area contributed by atoms with Gasteiger partial charge in [0.15, 0.2) is 17.2 Å². The van der Waals surface area contributed by atoms with Gasteiger partial charge in [-0.2, -0.15) is 13.2 Å². The Morgan fingerprint density at radius 1 is 1.15 bits per heavy atom. The molecule has 1 saturated carbocycles. The first kappa shape index (κ1) is 26.3. The maximum absolute atomic E-state index is 14.6. The number of fused-ring (bicyclic) bond motifs is 1. The second-order valence-corrected chi connectivity index (χ2v) is 9.24. The van der Waals surface area contributed by atoms with Crippen molar-refractivity contribution < 1.29 is 31.8 Å². The van der Waals surface area contributed by atoms with E-state index in [1.165, 1.54) is 36.0 Å². The fraction of sp³-hybridized carbons (Fsp3) is 0.296. The van der Waals surface area contributed by atoms with Gasteiger partial charge in [0, 0.05) is 35.8 Å². The molecule has 1 aliphatic carbocycles. The largest absolute Gasteiger partial charge is 0.497 e. The molecule has 0 aliphatic heterocycles. The number of carbonyl (C=O) groups is 1. The fourth-order valence-electron chi connectivity index (χ4n) is 4.03. The van der Waals surface area contributed by atoms with E-state index in [-0.39, 0.29) is 34.9 Å². The highest BCUT2D eigenvalue weighted by atomic mass is 19.4. The van der Waals surface area contributed by atoms with E-state index in [4.69, 9.17) is 9.47 Å². The van der Waals surface area contributed by atoms with E-state index < -0.39 is 25.0 Å². The van der Waals surface area contributed by atoms with Crippen molar-refractivity contribution in [2.24, 2.45) is 0 Å². The van der Waals surface area contributed by atoms with Crippen molar-refractivity contribution >= 4 is 17.2 Å². The molecule has 12 heteroatoms. The monoisotopic (exact) mass is 543 g/mol. The summed E-state index contributed by atoms with van der Waals surface area (Å²) in [6.45, 7) is 1.40. The quantitative estimate of drug-likeness (QED) is 0.256. The van der Waals surface area contributed by atoms with Crippen molar-refractivity contribution in [3.8, 4) is 28.6 Å². The van der Waals surface area contributed by atoms with Gasteiger partial charge in [0.05, 0.1) is 31.1 Å². The van der Waals surface area contributed by atoms with Gasteiger partial charge >= 0.3 is 6.18 Å². The van der Waals surface area contributed by atoms with Gasteiger partial charge in [-0.3, -0.25) is 4.79 Å². The number of aryl methyl sites for hydroxylation is 1. The SMILES string of the molecule is COc1ccc(Oc2cc(NCCC(F)(F)F)c3ncc(-c4ccc(C(=O)NC5CC5)c(C)c4)n3n2)c(F)c1. The summed E-state index contributed by atoms with van der Waals surface area (Å²) in [4.78, 5) is 16.9. The average molecular weight is 544 g/mol. The maximum atomic E-state index is 14.6. The number of nitrogens with zero attached hydrogens (tertiary/aromatic N) is 3. The summed E-state index contributed by atoms with van der Waals surface area (Å²) in [5.41, 5.74) is 2.92. The van der Waals surface area contributed by atoms with Gasteiger partial charge in [-0.05, 0) is 49.6 Å². The number of ether oxygens (including phenoxy) is 2. The minimum atomic E-state index is -4.35. The third-order valence-corrected chi connectivity index (χ3v) is 6.20. The van der Waals surface area contributed by atoms with Crippen LogP contribution in [-0.2, 0) is 0 Å². The first-order valence-electron chi connectivity index (χ1n) is 12.2. The van der Waals surface area contributed by atoms with E-state index in [0.717, 1.165) is 24.5 Å². The summed E-state index contributed by atoms with van der Waals surface area (Å²) in [7, 11) is 1.40. The number of rotatable bonds is 9. The molecule has 39 heavy (non-hydrogen) atoms. The van der Waals surface area contributed by atoms with Gasteiger partial charge < -0.3 is 20.1 Å². The zero-order valence-corrected chi connectivity index (χ0v) is 21.1. The van der Waals surface area contributed by atoms with Gasteiger partial charge in [0.25, 0.3) is 5.91 Å². The molecule has 5 rings (SSSR count). The molecule has 0 atom stereocenters. The summed E-state index contributed by atoms with van der Waals surface area (Å²) in [6, 6.07) is 10.8. The zero-order valence-electron chi connectivity index (χ0n) is 21.1. The van der Waals surface area contributed by atoms with Gasteiger partial charge in [-0.25, -0.2) is 13.9 Å². The number of nitrogens with one attached hydrogen (secondary N) is 2. The highest BCUT2D eigenvalue weighted by Gasteiger charge is 2.27. The number of benzene rings is 2. The van der Waals surface area contributed by atoms with Crippen molar-refractivity contribution in [2.75, 3.05) is 19.0 Å². The van der Waals surface area contributed by atoms with Crippen molar-refractivity contribution in [1.82, 2.24) is 19.9 Å². The topological polar surface area (TPSA) is 89.8 Å². The number of aromatic nitrogens is 3. The molecule has 1 fully saturated rings. The van der Waals surface area contributed by atoms with Gasteiger partial charge in [-0.15, -0.1) is 5.10 Å². The number of amides is 1. The number of hydrogen-bond donors (Lipinski definition) is 2. The van der Waals surface area contributed by atoms with Crippen LogP contribution in [0.5, 0.6) is 17.4 Å². The Bertz CT molecular complexity index is 1530. The van der Waals surface area contributed by atoms with Crippen LogP contribution in [0.2, 0.25) is 0 Å². The summed E-state index contributed by atoms with van der Waals surface area (Å²) < 4.78 is 65.0. The van der Waals surface area contributed by atoms with Crippen molar-refractivity contribution in [3.63, 3.8) is 0 Å². The molecular formula is C27H25F4N5O3. The second-order valence-electron chi connectivity index (χ2n) is 9.24. The minimum absolute atomic E-state index is 0.0718. The Morgan fingerprint density at radius 3 is 2.62 bits per heavy atom. The smallest absolute Gasteiger partial charge is 0.390 e. The maximum Gasteiger partial charge on any atom is 0.390 e. The number of imidazole rings is 1. The molecule has 2 N–H and O–H groups in total. The molecule has 0 spiro atoms. The number of anilines is 1. The van der Waals surface area contributed by atoms with Crippen molar-refractivity contribution in [1.29, 1.82) is 0 Å². The van der Waals surface area contributed by atoms with Crippen molar-refractivity contribution in [2.45, 2.75) is 38.4 Å². The summed E-state index contributed by atoms with van der Waals surface area (Å²) in [5.74, 6) is -0.778. The van der Waals surface area contributed by atoms with E-state index in [1.807, 2.05) is 6.92 Å². The average Bonchev–Trinajstić information content (AvgIpc) is 3.59. The Kier molecular flexibility index (Phi) is 7.02. The lowest BCUT2D eigenvalue weighted by Gasteiger charge is -2.13. The van der Waals surface area contributed by atoms with E-state index in [1.54, 1.807) is 18.2 Å². The molecule has 2 aromatic heterocycles. The summed E-state index contributed by atoms with van der Waals surface area (Å²) in [5, 5.41) is 10.1.